The first-order chi connectivity index (χ1) is 10.1. The van der Waals surface area contributed by atoms with Crippen molar-refractivity contribution in [3.63, 3.8) is 0 Å². The first-order valence-electron chi connectivity index (χ1n) is 7.46. The standard InChI is InChI=1S/C16H22F3NO/c1-12-2-7-15(9-11-21-16(18)19)20(12)10-8-13-3-5-14(17)6-4-13/h3-6,12,15-16H,2,7-11H2,1H3/t12-,15-/m0/s1. The lowest BCUT2D eigenvalue weighted by molar-refractivity contribution is -0.131. The molecular weight excluding hydrogens is 279 g/mol. The van der Waals surface area contributed by atoms with Crippen LogP contribution >= 0.6 is 0 Å². The number of hydrogen-bond acceptors (Lipinski definition) is 2. The van der Waals surface area contributed by atoms with Gasteiger partial charge in [-0.25, -0.2) is 4.39 Å². The molecule has 1 aromatic carbocycles. The summed E-state index contributed by atoms with van der Waals surface area (Å²) in [5.74, 6) is -0.227. The lowest BCUT2D eigenvalue weighted by Gasteiger charge is -2.28. The molecular formula is C16H22F3NO. The van der Waals surface area contributed by atoms with E-state index >= 15 is 0 Å². The van der Waals surface area contributed by atoms with E-state index in [4.69, 9.17) is 0 Å². The van der Waals surface area contributed by atoms with Gasteiger partial charge in [0.05, 0.1) is 6.61 Å². The summed E-state index contributed by atoms with van der Waals surface area (Å²) in [6.07, 6.45) is 3.59. The fourth-order valence-electron chi connectivity index (χ4n) is 3.04. The highest BCUT2D eigenvalue weighted by Crippen LogP contribution is 2.26. The van der Waals surface area contributed by atoms with E-state index < -0.39 is 6.61 Å². The Hall–Kier alpha value is -1.07. The molecule has 1 saturated heterocycles. The van der Waals surface area contributed by atoms with E-state index in [1.807, 2.05) is 0 Å². The van der Waals surface area contributed by atoms with Crippen LogP contribution in [0.1, 0.15) is 31.7 Å². The van der Waals surface area contributed by atoms with Crippen molar-refractivity contribution in [3.05, 3.63) is 35.6 Å². The highest BCUT2D eigenvalue weighted by molar-refractivity contribution is 5.16. The third-order valence-electron chi connectivity index (χ3n) is 4.22. The molecule has 0 aliphatic carbocycles. The summed E-state index contributed by atoms with van der Waals surface area (Å²) in [5.41, 5.74) is 1.10. The van der Waals surface area contributed by atoms with Gasteiger partial charge in [0.15, 0.2) is 0 Å². The van der Waals surface area contributed by atoms with Crippen LogP contribution < -0.4 is 0 Å². The Morgan fingerprint density at radius 3 is 2.62 bits per heavy atom. The van der Waals surface area contributed by atoms with Crippen LogP contribution in [0.3, 0.4) is 0 Å². The molecule has 0 saturated carbocycles. The molecule has 2 nitrogen and oxygen atoms in total. The van der Waals surface area contributed by atoms with Crippen LogP contribution in [0.25, 0.3) is 0 Å². The molecule has 1 aromatic rings. The van der Waals surface area contributed by atoms with Crippen LogP contribution in [0.4, 0.5) is 13.2 Å². The van der Waals surface area contributed by atoms with Crippen LogP contribution in [-0.2, 0) is 11.2 Å². The smallest absolute Gasteiger partial charge is 0.323 e. The van der Waals surface area contributed by atoms with E-state index in [9.17, 15) is 13.2 Å². The molecule has 5 heteroatoms. The summed E-state index contributed by atoms with van der Waals surface area (Å²) in [4.78, 5) is 2.36. The van der Waals surface area contributed by atoms with Crippen molar-refractivity contribution < 1.29 is 17.9 Å². The Balaban J connectivity index is 1.82. The van der Waals surface area contributed by atoms with Gasteiger partial charge in [0.25, 0.3) is 0 Å². The summed E-state index contributed by atoms with van der Waals surface area (Å²) in [6, 6.07) is 7.30. The molecule has 1 aliphatic rings. The Morgan fingerprint density at radius 1 is 1.24 bits per heavy atom. The van der Waals surface area contributed by atoms with E-state index in [0.717, 1.165) is 31.4 Å². The number of likely N-dealkylation sites (tertiary alicyclic amines) is 1. The van der Waals surface area contributed by atoms with Crippen molar-refractivity contribution in [2.45, 2.75) is 51.3 Å². The molecule has 2 atom stereocenters. The highest BCUT2D eigenvalue weighted by Gasteiger charge is 2.29. The number of hydrogen-bond donors (Lipinski definition) is 0. The Morgan fingerprint density at radius 2 is 1.95 bits per heavy atom. The maximum absolute atomic E-state index is 12.9. The summed E-state index contributed by atoms with van der Waals surface area (Å²) in [5, 5.41) is 0. The first kappa shape index (κ1) is 16.3. The Labute approximate surface area is 123 Å². The van der Waals surface area contributed by atoms with Gasteiger partial charge in [-0.1, -0.05) is 12.1 Å². The topological polar surface area (TPSA) is 12.5 Å². The number of nitrogens with zero attached hydrogens (tertiary/aromatic N) is 1. The average molecular weight is 301 g/mol. The molecule has 0 bridgehead atoms. The maximum Gasteiger partial charge on any atom is 0.345 e. The summed E-state index contributed by atoms with van der Waals surface area (Å²) in [6.45, 7) is 0.448. The Bertz CT molecular complexity index is 424. The van der Waals surface area contributed by atoms with Crippen molar-refractivity contribution in [2.24, 2.45) is 0 Å². The number of ether oxygens (including phenoxy) is 1. The zero-order chi connectivity index (χ0) is 15.2. The predicted octanol–water partition coefficient (Wildman–Crippen LogP) is 3.85. The quantitative estimate of drug-likeness (QED) is 0.758. The van der Waals surface area contributed by atoms with Crippen LogP contribution in [0.2, 0.25) is 0 Å². The molecule has 118 valence electrons. The zero-order valence-electron chi connectivity index (χ0n) is 12.3. The van der Waals surface area contributed by atoms with E-state index in [-0.39, 0.29) is 12.4 Å². The third-order valence-corrected chi connectivity index (χ3v) is 4.22. The van der Waals surface area contributed by atoms with E-state index in [1.165, 1.54) is 12.1 Å². The fourth-order valence-corrected chi connectivity index (χ4v) is 3.04. The summed E-state index contributed by atoms with van der Waals surface area (Å²) in [7, 11) is 0. The number of halogens is 3. The van der Waals surface area contributed by atoms with Gasteiger partial charge >= 0.3 is 6.61 Å². The van der Waals surface area contributed by atoms with Crippen molar-refractivity contribution >= 4 is 0 Å². The normalized spacial score (nSPS) is 23.1. The second-order valence-electron chi connectivity index (χ2n) is 5.61. The highest BCUT2D eigenvalue weighted by atomic mass is 19.3. The minimum atomic E-state index is -2.68. The molecule has 0 spiro atoms. The SMILES string of the molecule is C[C@H]1CC[C@@H](CCOC(F)F)N1CCc1ccc(F)cc1. The van der Waals surface area contributed by atoms with Gasteiger partial charge in [-0.3, -0.25) is 4.90 Å². The molecule has 0 N–H and O–H groups in total. The number of alkyl halides is 2. The molecule has 1 aliphatic heterocycles. The van der Waals surface area contributed by atoms with Crippen molar-refractivity contribution in [1.29, 1.82) is 0 Å². The molecule has 21 heavy (non-hydrogen) atoms. The largest absolute Gasteiger partial charge is 0.345 e. The lowest BCUT2D eigenvalue weighted by Crippen LogP contribution is -2.37. The summed E-state index contributed by atoms with van der Waals surface area (Å²) >= 11 is 0. The van der Waals surface area contributed by atoms with Gasteiger partial charge in [-0.15, -0.1) is 0 Å². The van der Waals surface area contributed by atoms with E-state index in [1.54, 1.807) is 12.1 Å². The van der Waals surface area contributed by atoms with Gasteiger partial charge in [0, 0.05) is 18.6 Å². The fraction of sp³-hybridized carbons (Fsp3) is 0.625. The minimum absolute atomic E-state index is 0.0993. The number of rotatable bonds is 7. The van der Waals surface area contributed by atoms with Crippen molar-refractivity contribution in [1.82, 2.24) is 4.90 Å². The van der Waals surface area contributed by atoms with Gasteiger partial charge in [-0.2, -0.15) is 8.78 Å². The monoisotopic (exact) mass is 301 g/mol. The predicted molar refractivity (Wildman–Crippen MR) is 75.9 cm³/mol. The van der Waals surface area contributed by atoms with Crippen molar-refractivity contribution in [2.75, 3.05) is 13.2 Å². The zero-order valence-corrected chi connectivity index (χ0v) is 12.3. The lowest BCUT2D eigenvalue weighted by atomic mass is 10.1. The third kappa shape index (κ3) is 5.00. The average Bonchev–Trinajstić information content (AvgIpc) is 2.79. The van der Waals surface area contributed by atoms with E-state index in [0.29, 0.717) is 18.5 Å². The van der Waals surface area contributed by atoms with Gasteiger partial charge in [0.1, 0.15) is 5.82 Å². The molecule has 0 amide bonds. The second-order valence-corrected chi connectivity index (χ2v) is 5.61. The summed E-state index contributed by atoms with van der Waals surface area (Å²) < 4.78 is 41.3. The van der Waals surface area contributed by atoms with Crippen LogP contribution in [0.5, 0.6) is 0 Å². The molecule has 0 radical (unpaired) electrons. The van der Waals surface area contributed by atoms with E-state index in [2.05, 4.69) is 16.6 Å². The molecule has 1 fully saturated rings. The second kappa shape index (κ2) is 7.80. The van der Waals surface area contributed by atoms with Crippen LogP contribution in [-0.4, -0.2) is 36.7 Å². The maximum atomic E-state index is 12.9. The van der Waals surface area contributed by atoms with Gasteiger partial charge in [0.2, 0.25) is 0 Å². The molecule has 0 aromatic heterocycles. The van der Waals surface area contributed by atoms with Crippen LogP contribution in [0, 0.1) is 5.82 Å². The minimum Gasteiger partial charge on any atom is -0.323 e. The van der Waals surface area contributed by atoms with Gasteiger partial charge in [-0.05, 0) is 50.3 Å². The molecule has 1 heterocycles. The van der Waals surface area contributed by atoms with Crippen molar-refractivity contribution in [3.8, 4) is 0 Å². The van der Waals surface area contributed by atoms with Gasteiger partial charge < -0.3 is 4.74 Å². The Kier molecular flexibility index (Phi) is 6.06. The first-order valence-corrected chi connectivity index (χ1v) is 7.46. The molecule has 0 unspecified atom stereocenters. The van der Waals surface area contributed by atoms with Crippen LogP contribution in [0.15, 0.2) is 24.3 Å². The molecule has 2 rings (SSSR count). The number of benzene rings is 1.